The number of benzene rings is 2. The molecular weight excluding hydrogens is 530 g/mol. The summed E-state index contributed by atoms with van der Waals surface area (Å²) in [6, 6.07) is 8.51. The Morgan fingerprint density at radius 1 is 1.06 bits per heavy atom. The third kappa shape index (κ3) is 7.80. The van der Waals surface area contributed by atoms with Crippen molar-refractivity contribution in [3.8, 4) is 0 Å². The molecule has 2 rings (SSSR count). The van der Waals surface area contributed by atoms with E-state index in [1.54, 1.807) is 39.8 Å². The molecule has 0 aliphatic carbocycles. The van der Waals surface area contributed by atoms with Crippen LogP contribution < -0.4 is 9.62 Å². The third-order valence-corrected chi connectivity index (χ3v) is 7.56. The molecule has 0 saturated heterocycles. The normalized spacial score (nSPS) is 12.8. The van der Waals surface area contributed by atoms with E-state index in [0.717, 1.165) is 20.7 Å². The van der Waals surface area contributed by atoms with Gasteiger partial charge < -0.3 is 10.2 Å². The molecule has 0 aliphatic heterocycles. The van der Waals surface area contributed by atoms with Gasteiger partial charge in [-0.1, -0.05) is 29.3 Å². The molecular formula is C24H31Cl2FN4O4S. The number of halogens is 3. The van der Waals surface area contributed by atoms with Crippen LogP contribution in [0.2, 0.25) is 10.0 Å². The second kappa shape index (κ2) is 11.8. The third-order valence-electron chi connectivity index (χ3n) is 5.15. The highest BCUT2D eigenvalue weighted by Gasteiger charge is 2.33. The van der Waals surface area contributed by atoms with Gasteiger partial charge in [0.15, 0.2) is 0 Å². The quantitative estimate of drug-likeness (QED) is 0.500. The van der Waals surface area contributed by atoms with E-state index in [1.165, 1.54) is 37.2 Å². The van der Waals surface area contributed by atoms with Crippen LogP contribution in [0.15, 0.2) is 42.5 Å². The van der Waals surface area contributed by atoms with E-state index in [-0.39, 0.29) is 12.2 Å². The van der Waals surface area contributed by atoms with E-state index in [4.69, 9.17) is 23.2 Å². The monoisotopic (exact) mass is 560 g/mol. The van der Waals surface area contributed by atoms with Crippen molar-refractivity contribution in [3.05, 3.63) is 63.9 Å². The first-order valence-corrected chi connectivity index (χ1v) is 13.2. The van der Waals surface area contributed by atoms with Gasteiger partial charge in [0.05, 0.1) is 5.69 Å². The summed E-state index contributed by atoms with van der Waals surface area (Å²) in [6.07, 6.45) is 0. The lowest BCUT2D eigenvalue weighted by atomic mass is 10.1. The molecule has 0 radical (unpaired) electrons. The summed E-state index contributed by atoms with van der Waals surface area (Å²) in [5.41, 5.74) is 0.0511. The highest BCUT2D eigenvalue weighted by molar-refractivity contribution is 7.90. The number of rotatable bonds is 9. The molecule has 12 heteroatoms. The average Bonchev–Trinajstić information content (AvgIpc) is 2.75. The molecule has 0 heterocycles. The van der Waals surface area contributed by atoms with E-state index in [2.05, 4.69) is 5.32 Å². The first-order chi connectivity index (χ1) is 16.5. The number of carbonyl (C=O) groups excluding carboxylic acids is 2. The van der Waals surface area contributed by atoms with Crippen LogP contribution in [0.4, 0.5) is 10.1 Å². The summed E-state index contributed by atoms with van der Waals surface area (Å²) < 4.78 is 41.5. The second-order valence-corrected chi connectivity index (χ2v) is 12.4. The van der Waals surface area contributed by atoms with Gasteiger partial charge in [0.2, 0.25) is 11.8 Å². The Morgan fingerprint density at radius 3 is 2.14 bits per heavy atom. The summed E-state index contributed by atoms with van der Waals surface area (Å²) in [4.78, 5) is 27.9. The Labute approximate surface area is 222 Å². The Kier molecular flexibility index (Phi) is 9.75. The molecule has 0 aliphatic rings. The fourth-order valence-electron chi connectivity index (χ4n) is 3.21. The lowest BCUT2D eigenvalue weighted by Crippen LogP contribution is -2.55. The number of amides is 2. The van der Waals surface area contributed by atoms with Gasteiger partial charge in [-0.15, -0.1) is 0 Å². The maximum absolute atomic E-state index is 13.6. The van der Waals surface area contributed by atoms with Crippen LogP contribution in [0, 0.1) is 5.82 Å². The minimum atomic E-state index is -4.14. The Hall–Kier alpha value is -2.40. The lowest BCUT2D eigenvalue weighted by molar-refractivity contribution is -0.140. The molecule has 1 atom stereocenters. The van der Waals surface area contributed by atoms with Gasteiger partial charge in [-0.2, -0.15) is 12.7 Å². The lowest BCUT2D eigenvalue weighted by Gasteiger charge is -2.34. The van der Waals surface area contributed by atoms with Crippen LogP contribution in [0.25, 0.3) is 0 Å². The molecule has 0 aromatic heterocycles. The first kappa shape index (κ1) is 29.8. The predicted molar refractivity (Wildman–Crippen MR) is 141 cm³/mol. The van der Waals surface area contributed by atoms with Crippen molar-refractivity contribution in [2.75, 3.05) is 24.9 Å². The summed E-state index contributed by atoms with van der Waals surface area (Å²) in [5, 5.41) is 3.53. The highest BCUT2D eigenvalue weighted by Crippen LogP contribution is 2.25. The van der Waals surface area contributed by atoms with Crippen LogP contribution >= 0.6 is 23.2 Å². The van der Waals surface area contributed by atoms with Crippen LogP contribution in [-0.2, 0) is 26.3 Å². The largest absolute Gasteiger partial charge is 0.350 e. The zero-order valence-electron chi connectivity index (χ0n) is 21.0. The second-order valence-electron chi connectivity index (χ2n) is 9.45. The zero-order chi connectivity index (χ0) is 27.4. The van der Waals surface area contributed by atoms with Crippen molar-refractivity contribution in [1.82, 2.24) is 14.5 Å². The molecule has 2 aromatic rings. The van der Waals surface area contributed by atoms with Crippen LogP contribution in [-0.4, -0.2) is 61.7 Å². The van der Waals surface area contributed by atoms with Crippen LogP contribution in [0.1, 0.15) is 33.3 Å². The van der Waals surface area contributed by atoms with E-state index in [1.807, 2.05) is 0 Å². The number of carbonyl (C=O) groups is 2. The van der Waals surface area contributed by atoms with Gasteiger partial charge in [0, 0.05) is 36.2 Å². The Morgan fingerprint density at radius 2 is 1.64 bits per heavy atom. The molecule has 0 spiro atoms. The zero-order valence-corrected chi connectivity index (χ0v) is 23.4. The van der Waals surface area contributed by atoms with Gasteiger partial charge in [-0.3, -0.25) is 9.59 Å². The summed E-state index contributed by atoms with van der Waals surface area (Å²) in [7, 11) is -1.50. The van der Waals surface area contributed by atoms with Crippen molar-refractivity contribution < 1.29 is 22.4 Å². The van der Waals surface area contributed by atoms with Crippen molar-refractivity contribution in [1.29, 1.82) is 0 Å². The molecule has 2 amide bonds. The summed E-state index contributed by atoms with van der Waals surface area (Å²) in [6.45, 7) is 6.25. The van der Waals surface area contributed by atoms with E-state index in [9.17, 15) is 22.4 Å². The minimum Gasteiger partial charge on any atom is -0.350 e. The summed E-state index contributed by atoms with van der Waals surface area (Å²) in [5.74, 6) is -1.64. The predicted octanol–water partition coefficient (Wildman–Crippen LogP) is 4.08. The molecule has 198 valence electrons. The highest BCUT2D eigenvalue weighted by atomic mass is 35.5. The van der Waals surface area contributed by atoms with Crippen molar-refractivity contribution in [3.63, 3.8) is 0 Å². The number of anilines is 1. The number of hydrogen-bond acceptors (Lipinski definition) is 4. The minimum absolute atomic E-state index is 0.0766. The van der Waals surface area contributed by atoms with Gasteiger partial charge >= 0.3 is 10.2 Å². The summed E-state index contributed by atoms with van der Waals surface area (Å²) >= 11 is 12.3. The first-order valence-electron chi connectivity index (χ1n) is 11.0. The maximum atomic E-state index is 13.6. The van der Waals surface area contributed by atoms with Gasteiger partial charge in [0.1, 0.15) is 18.4 Å². The standard InChI is InChI=1S/C24H31Cl2FN4O4S/c1-16(23(33)28-24(2,3)4)30(14-17-7-8-18(25)13-21(17)26)22(32)15-31(36(34,35)29(5)6)20-11-9-19(27)10-12-20/h7-13,16H,14-15H2,1-6H3,(H,28,33)/t16-/m1/s1. The fourth-order valence-corrected chi connectivity index (χ4v) is 4.74. The topological polar surface area (TPSA) is 90.0 Å². The fraction of sp³-hybridized carbons (Fsp3) is 0.417. The van der Waals surface area contributed by atoms with Crippen molar-refractivity contribution in [2.45, 2.75) is 45.8 Å². The number of nitrogens with one attached hydrogen (secondary N) is 1. The SMILES string of the molecule is C[C@H](C(=O)NC(C)(C)C)N(Cc1ccc(Cl)cc1Cl)C(=O)CN(c1ccc(F)cc1)S(=O)(=O)N(C)C. The van der Waals surface area contributed by atoms with Crippen molar-refractivity contribution in [2.24, 2.45) is 0 Å². The molecule has 0 fully saturated rings. The Bertz CT molecular complexity index is 1200. The van der Waals surface area contributed by atoms with Gasteiger partial charge in [-0.25, -0.2) is 8.70 Å². The number of hydrogen-bond donors (Lipinski definition) is 1. The molecule has 2 aromatic carbocycles. The number of nitrogens with zero attached hydrogens (tertiary/aromatic N) is 3. The molecule has 0 saturated carbocycles. The molecule has 8 nitrogen and oxygen atoms in total. The van der Waals surface area contributed by atoms with Crippen molar-refractivity contribution >= 4 is 50.9 Å². The van der Waals surface area contributed by atoms with Gasteiger partial charge in [-0.05, 0) is 69.7 Å². The molecule has 36 heavy (non-hydrogen) atoms. The van der Waals surface area contributed by atoms with E-state index in [0.29, 0.717) is 15.6 Å². The van der Waals surface area contributed by atoms with Crippen LogP contribution in [0.3, 0.4) is 0 Å². The van der Waals surface area contributed by atoms with Crippen LogP contribution in [0.5, 0.6) is 0 Å². The maximum Gasteiger partial charge on any atom is 0.304 e. The van der Waals surface area contributed by atoms with Gasteiger partial charge in [0.25, 0.3) is 0 Å². The average molecular weight is 562 g/mol. The molecule has 0 unspecified atom stereocenters. The van der Waals surface area contributed by atoms with E-state index >= 15 is 0 Å². The van der Waals surface area contributed by atoms with E-state index < -0.39 is 46.0 Å². The molecule has 1 N–H and O–H groups in total. The molecule has 0 bridgehead atoms. The Balaban J connectivity index is 2.50. The smallest absolute Gasteiger partial charge is 0.304 e.